The van der Waals surface area contributed by atoms with Gasteiger partial charge in [-0.2, -0.15) is 0 Å². The number of hydrogen-bond donors (Lipinski definition) is 1. The number of rotatable bonds is 3. The molecule has 4 heteroatoms. The molecule has 0 bridgehead atoms. The molecule has 0 aliphatic carbocycles. The summed E-state index contributed by atoms with van der Waals surface area (Å²) in [6, 6.07) is 9.57. The molecule has 1 unspecified atom stereocenters. The maximum atomic E-state index is 12.2. The number of benzene rings is 1. The Morgan fingerprint density at radius 1 is 1.39 bits per heavy atom. The lowest BCUT2D eigenvalue weighted by Gasteiger charge is -2.33. The molecule has 1 saturated heterocycles. The van der Waals surface area contributed by atoms with Crippen LogP contribution in [0.15, 0.2) is 30.3 Å². The highest BCUT2D eigenvalue weighted by Crippen LogP contribution is 2.29. The summed E-state index contributed by atoms with van der Waals surface area (Å²) in [6.07, 6.45) is 0.772. The van der Waals surface area contributed by atoms with Gasteiger partial charge < -0.3 is 10.1 Å². The molecule has 0 spiro atoms. The van der Waals surface area contributed by atoms with Crippen molar-refractivity contribution in [3.05, 3.63) is 35.9 Å². The zero-order chi connectivity index (χ0) is 13.0. The molecule has 18 heavy (non-hydrogen) atoms. The maximum Gasteiger partial charge on any atom is 0.321 e. The van der Waals surface area contributed by atoms with Gasteiger partial charge in [-0.05, 0) is 12.0 Å². The van der Waals surface area contributed by atoms with E-state index >= 15 is 0 Å². The number of piperidine rings is 1. The van der Waals surface area contributed by atoms with Crippen LogP contribution in [0.1, 0.15) is 12.0 Å². The highest BCUT2D eigenvalue weighted by molar-refractivity contribution is 6.05. The average Bonchev–Trinajstić information content (AvgIpc) is 2.41. The molecule has 2 rings (SSSR count). The second-order valence-corrected chi connectivity index (χ2v) is 4.59. The smallest absolute Gasteiger partial charge is 0.321 e. The van der Waals surface area contributed by atoms with Crippen molar-refractivity contribution in [2.24, 2.45) is 5.41 Å². The molecule has 0 saturated carbocycles. The lowest BCUT2D eigenvalue weighted by atomic mass is 9.74. The van der Waals surface area contributed by atoms with Gasteiger partial charge in [-0.3, -0.25) is 9.59 Å². The van der Waals surface area contributed by atoms with Gasteiger partial charge in [-0.15, -0.1) is 0 Å². The number of nitrogens with one attached hydrogen (secondary N) is 1. The predicted octanol–water partition coefficient (Wildman–Crippen LogP) is 0.951. The topological polar surface area (TPSA) is 55.4 Å². The molecule has 96 valence electrons. The largest absolute Gasteiger partial charge is 0.468 e. The van der Waals surface area contributed by atoms with Crippen LogP contribution in [0.4, 0.5) is 0 Å². The minimum Gasteiger partial charge on any atom is -0.468 e. The summed E-state index contributed by atoms with van der Waals surface area (Å²) in [5.74, 6) is -0.472. The van der Waals surface area contributed by atoms with Crippen molar-refractivity contribution in [2.75, 3.05) is 20.2 Å². The van der Waals surface area contributed by atoms with Crippen LogP contribution in [0.5, 0.6) is 0 Å². The fraction of sp³-hybridized carbons (Fsp3) is 0.429. The second-order valence-electron chi connectivity index (χ2n) is 4.59. The van der Waals surface area contributed by atoms with Crippen LogP contribution in [-0.4, -0.2) is 32.0 Å². The Labute approximate surface area is 106 Å². The summed E-state index contributed by atoms with van der Waals surface area (Å²) in [5.41, 5.74) is -0.0890. The first kappa shape index (κ1) is 12.8. The molecule has 0 radical (unpaired) electrons. The van der Waals surface area contributed by atoms with Crippen LogP contribution >= 0.6 is 0 Å². The van der Waals surface area contributed by atoms with Crippen LogP contribution < -0.4 is 5.32 Å². The molecule has 1 fully saturated rings. The van der Waals surface area contributed by atoms with Crippen molar-refractivity contribution in [3.8, 4) is 0 Å². The minimum absolute atomic E-state index is 0.0306. The monoisotopic (exact) mass is 247 g/mol. The quantitative estimate of drug-likeness (QED) is 0.638. The first-order valence-electron chi connectivity index (χ1n) is 6.05. The third-order valence-corrected chi connectivity index (χ3v) is 3.41. The first-order valence-corrected chi connectivity index (χ1v) is 6.05. The van der Waals surface area contributed by atoms with Crippen molar-refractivity contribution in [1.29, 1.82) is 0 Å². The standard InChI is InChI=1S/C14H17NO3/c1-18-13(17)14(10-15-8-7-12(14)16)9-11-5-3-2-4-6-11/h2-6,15H,7-10H2,1H3. The molecule has 1 atom stereocenters. The van der Waals surface area contributed by atoms with Crippen LogP contribution in [0.3, 0.4) is 0 Å². The van der Waals surface area contributed by atoms with Crippen LogP contribution in [0.25, 0.3) is 0 Å². The Morgan fingerprint density at radius 2 is 2.11 bits per heavy atom. The number of ketones is 1. The number of carbonyl (C=O) groups is 2. The fourth-order valence-corrected chi connectivity index (χ4v) is 2.40. The molecule has 1 heterocycles. The van der Waals surface area contributed by atoms with Gasteiger partial charge in [-0.1, -0.05) is 30.3 Å². The Bertz CT molecular complexity index is 434. The normalized spacial score (nSPS) is 23.7. The van der Waals surface area contributed by atoms with E-state index in [9.17, 15) is 9.59 Å². The predicted molar refractivity (Wildman–Crippen MR) is 67.1 cm³/mol. The van der Waals surface area contributed by atoms with Gasteiger partial charge in [-0.25, -0.2) is 0 Å². The van der Waals surface area contributed by atoms with Gasteiger partial charge in [0.25, 0.3) is 0 Å². The van der Waals surface area contributed by atoms with Gasteiger partial charge in [0, 0.05) is 19.5 Å². The van der Waals surface area contributed by atoms with Crippen molar-refractivity contribution >= 4 is 11.8 Å². The van der Waals surface area contributed by atoms with Crippen LogP contribution in [0.2, 0.25) is 0 Å². The number of carbonyl (C=O) groups excluding carboxylic acids is 2. The van der Waals surface area contributed by atoms with E-state index in [1.165, 1.54) is 7.11 Å². The Hall–Kier alpha value is -1.68. The van der Waals surface area contributed by atoms with Crippen molar-refractivity contribution < 1.29 is 14.3 Å². The van der Waals surface area contributed by atoms with Crippen LogP contribution in [0, 0.1) is 5.41 Å². The van der Waals surface area contributed by atoms with E-state index in [1.54, 1.807) is 0 Å². The highest BCUT2D eigenvalue weighted by atomic mass is 16.5. The summed E-state index contributed by atoms with van der Waals surface area (Å²) in [4.78, 5) is 24.2. The molecule has 1 aliphatic heterocycles. The number of hydrogen-bond acceptors (Lipinski definition) is 4. The van der Waals surface area contributed by atoms with E-state index in [1.807, 2.05) is 30.3 Å². The van der Waals surface area contributed by atoms with Gasteiger partial charge in [0.15, 0.2) is 5.78 Å². The van der Waals surface area contributed by atoms with Gasteiger partial charge in [0.05, 0.1) is 7.11 Å². The molecule has 0 aromatic heterocycles. The molecule has 1 aromatic carbocycles. The summed E-state index contributed by atoms with van der Waals surface area (Å²) < 4.78 is 4.84. The number of ether oxygens (including phenoxy) is 1. The second kappa shape index (κ2) is 5.31. The Kier molecular flexibility index (Phi) is 3.77. The fourth-order valence-electron chi connectivity index (χ4n) is 2.40. The minimum atomic E-state index is -1.06. The van der Waals surface area contributed by atoms with E-state index in [4.69, 9.17) is 4.74 Å². The number of Topliss-reactive ketones (excluding diaryl/α,β-unsaturated/α-hetero) is 1. The van der Waals surface area contributed by atoms with Gasteiger partial charge in [0.1, 0.15) is 5.41 Å². The van der Waals surface area contributed by atoms with E-state index in [-0.39, 0.29) is 5.78 Å². The summed E-state index contributed by atoms with van der Waals surface area (Å²) >= 11 is 0. The molecular formula is C14H17NO3. The van der Waals surface area contributed by atoms with Crippen molar-refractivity contribution in [2.45, 2.75) is 12.8 Å². The van der Waals surface area contributed by atoms with E-state index < -0.39 is 11.4 Å². The maximum absolute atomic E-state index is 12.2. The molecule has 1 N–H and O–H groups in total. The summed E-state index contributed by atoms with van der Waals surface area (Å²) in [5, 5.41) is 3.12. The lowest BCUT2D eigenvalue weighted by molar-refractivity contribution is -0.159. The average molecular weight is 247 g/mol. The Morgan fingerprint density at radius 3 is 2.72 bits per heavy atom. The van der Waals surface area contributed by atoms with E-state index in [0.29, 0.717) is 25.9 Å². The number of methoxy groups -OCH3 is 1. The summed E-state index contributed by atoms with van der Waals surface area (Å²) in [6.45, 7) is 0.986. The Balaban J connectivity index is 2.30. The third kappa shape index (κ3) is 2.29. The molecule has 4 nitrogen and oxygen atoms in total. The third-order valence-electron chi connectivity index (χ3n) is 3.41. The first-order chi connectivity index (χ1) is 8.69. The molecular weight excluding hydrogens is 230 g/mol. The molecule has 1 aliphatic rings. The highest BCUT2D eigenvalue weighted by Gasteiger charge is 2.47. The van der Waals surface area contributed by atoms with Gasteiger partial charge in [0.2, 0.25) is 0 Å². The number of esters is 1. The van der Waals surface area contributed by atoms with Crippen molar-refractivity contribution in [3.63, 3.8) is 0 Å². The molecule has 0 amide bonds. The van der Waals surface area contributed by atoms with Crippen molar-refractivity contribution in [1.82, 2.24) is 5.32 Å². The zero-order valence-corrected chi connectivity index (χ0v) is 10.4. The summed E-state index contributed by atoms with van der Waals surface area (Å²) in [7, 11) is 1.33. The van der Waals surface area contributed by atoms with E-state index in [0.717, 1.165) is 5.56 Å². The SMILES string of the molecule is COC(=O)C1(Cc2ccccc2)CNCCC1=O. The van der Waals surface area contributed by atoms with E-state index in [2.05, 4.69) is 5.32 Å². The van der Waals surface area contributed by atoms with Gasteiger partial charge >= 0.3 is 5.97 Å². The van der Waals surface area contributed by atoms with Crippen LogP contribution in [-0.2, 0) is 20.7 Å². The lowest BCUT2D eigenvalue weighted by Crippen LogP contribution is -2.54. The molecule has 1 aromatic rings. The zero-order valence-electron chi connectivity index (χ0n) is 10.4.